The Labute approximate surface area is 141 Å². The zero-order chi connectivity index (χ0) is 17.9. The molecule has 0 unspecified atom stereocenters. The van der Waals surface area contributed by atoms with Gasteiger partial charge in [0.05, 0.1) is 14.2 Å². The number of benzene rings is 1. The third-order valence-corrected chi connectivity index (χ3v) is 5.29. The molecule has 0 aliphatic rings. The molecule has 1 N–H and O–H groups in total. The lowest BCUT2D eigenvalue weighted by molar-refractivity contribution is 0.0589. The predicted octanol–water partition coefficient (Wildman–Crippen LogP) is 1.61. The maximum atomic E-state index is 12.5. The van der Waals surface area contributed by atoms with E-state index in [4.69, 9.17) is 4.74 Å². The summed E-state index contributed by atoms with van der Waals surface area (Å²) < 4.78 is 38.9. The predicted molar refractivity (Wildman–Crippen MR) is 88.5 cm³/mol. The number of sulfonamides is 1. The molecule has 0 saturated carbocycles. The molecule has 130 valence electrons. The van der Waals surface area contributed by atoms with Crippen molar-refractivity contribution < 1.29 is 22.7 Å². The van der Waals surface area contributed by atoms with E-state index in [0.29, 0.717) is 11.4 Å². The Morgan fingerprint density at radius 2 is 1.96 bits per heavy atom. The molecule has 0 aliphatic carbocycles. The molecule has 1 heterocycles. The molecule has 8 heteroatoms. The Hall–Kier alpha value is -2.32. The summed E-state index contributed by atoms with van der Waals surface area (Å²) in [4.78, 5) is 11.8. The van der Waals surface area contributed by atoms with Gasteiger partial charge in [0.2, 0.25) is 10.0 Å². The molecule has 0 aliphatic heterocycles. The standard InChI is InChI=1S/C16H20N2O5S/c1-11-15(9-14(18(11)2)16(19)23-4)24(20,21)17-10-12-6-5-7-13(8-12)22-3/h5-9,17H,10H2,1-4H3. The van der Waals surface area contributed by atoms with E-state index in [2.05, 4.69) is 9.46 Å². The maximum absolute atomic E-state index is 12.5. The smallest absolute Gasteiger partial charge is 0.354 e. The van der Waals surface area contributed by atoms with Gasteiger partial charge < -0.3 is 14.0 Å². The zero-order valence-corrected chi connectivity index (χ0v) is 14.8. The van der Waals surface area contributed by atoms with Crippen molar-refractivity contribution in [3.63, 3.8) is 0 Å². The molecule has 0 amide bonds. The zero-order valence-electron chi connectivity index (χ0n) is 14.0. The van der Waals surface area contributed by atoms with Gasteiger partial charge in [-0.2, -0.15) is 0 Å². The molecule has 0 fully saturated rings. The molecule has 1 aromatic heterocycles. The molecule has 2 aromatic rings. The summed E-state index contributed by atoms with van der Waals surface area (Å²) in [6.07, 6.45) is 0. The Balaban J connectivity index is 2.26. The molecule has 24 heavy (non-hydrogen) atoms. The minimum Gasteiger partial charge on any atom is -0.497 e. The number of nitrogens with one attached hydrogen (secondary N) is 1. The van der Waals surface area contributed by atoms with Crippen LogP contribution in [-0.2, 0) is 28.4 Å². The van der Waals surface area contributed by atoms with Crippen LogP contribution < -0.4 is 9.46 Å². The molecule has 0 atom stereocenters. The topological polar surface area (TPSA) is 86.6 Å². The fourth-order valence-corrected chi connectivity index (χ4v) is 3.59. The third-order valence-electron chi connectivity index (χ3n) is 3.77. The second kappa shape index (κ2) is 7.06. The minimum atomic E-state index is -3.77. The molecule has 7 nitrogen and oxygen atoms in total. The molecule has 0 spiro atoms. The maximum Gasteiger partial charge on any atom is 0.354 e. The highest BCUT2D eigenvalue weighted by molar-refractivity contribution is 7.89. The number of hydrogen-bond donors (Lipinski definition) is 1. The molecule has 0 bridgehead atoms. The quantitative estimate of drug-likeness (QED) is 0.798. The lowest BCUT2D eigenvalue weighted by Crippen LogP contribution is -2.23. The lowest BCUT2D eigenvalue weighted by atomic mass is 10.2. The molecular formula is C16H20N2O5S. The first-order valence-electron chi connectivity index (χ1n) is 7.17. The van der Waals surface area contributed by atoms with Gasteiger partial charge >= 0.3 is 5.97 Å². The molecule has 2 rings (SSSR count). The highest BCUT2D eigenvalue weighted by atomic mass is 32.2. The van der Waals surface area contributed by atoms with Crippen LogP contribution in [0.2, 0.25) is 0 Å². The van der Waals surface area contributed by atoms with Gasteiger partial charge in [-0.3, -0.25) is 0 Å². The van der Waals surface area contributed by atoms with E-state index in [1.807, 2.05) is 0 Å². The number of carbonyl (C=O) groups is 1. The molecule has 1 aromatic carbocycles. The Morgan fingerprint density at radius 1 is 1.25 bits per heavy atom. The number of methoxy groups -OCH3 is 2. The van der Waals surface area contributed by atoms with Crippen molar-refractivity contribution in [2.45, 2.75) is 18.4 Å². The summed E-state index contributed by atoms with van der Waals surface area (Å²) >= 11 is 0. The van der Waals surface area contributed by atoms with Gasteiger partial charge in [0, 0.05) is 19.3 Å². The number of rotatable bonds is 6. The molecule has 0 saturated heterocycles. The van der Waals surface area contributed by atoms with E-state index in [0.717, 1.165) is 5.56 Å². The summed E-state index contributed by atoms with van der Waals surface area (Å²) in [7, 11) is 0.639. The van der Waals surface area contributed by atoms with Crippen molar-refractivity contribution in [3.8, 4) is 5.75 Å². The van der Waals surface area contributed by atoms with E-state index in [9.17, 15) is 13.2 Å². The van der Waals surface area contributed by atoms with Gasteiger partial charge in [0.25, 0.3) is 0 Å². The van der Waals surface area contributed by atoms with Gasteiger partial charge in [-0.05, 0) is 30.7 Å². The Kier molecular flexibility index (Phi) is 5.30. The van der Waals surface area contributed by atoms with Crippen LogP contribution in [-0.4, -0.2) is 33.2 Å². The summed E-state index contributed by atoms with van der Waals surface area (Å²) in [5, 5.41) is 0. The van der Waals surface area contributed by atoms with Crippen LogP contribution in [0.15, 0.2) is 35.2 Å². The number of carbonyl (C=O) groups excluding carboxylic acids is 1. The van der Waals surface area contributed by atoms with E-state index in [1.54, 1.807) is 45.3 Å². The fraction of sp³-hybridized carbons (Fsp3) is 0.312. The van der Waals surface area contributed by atoms with Gasteiger partial charge in [-0.1, -0.05) is 12.1 Å². The van der Waals surface area contributed by atoms with E-state index in [-0.39, 0.29) is 17.1 Å². The summed E-state index contributed by atoms with van der Waals surface area (Å²) in [6, 6.07) is 8.42. The normalized spacial score (nSPS) is 11.3. The number of nitrogens with zero attached hydrogens (tertiary/aromatic N) is 1. The lowest BCUT2D eigenvalue weighted by Gasteiger charge is -2.08. The van der Waals surface area contributed by atoms with E-state index >= 15 is 0 Å². The van der Waals surface area contributed by atoms with Crippen molar-refractivity contribution in [1.82, 2.24) is 9.29 Å². The number of ether oxygens (including phenoxy) is 2. The fourth-order valence-electron chi connectivity index (χ4n) is 2.28. The number of aromatic nitrogens is 1. The van der Waals surface area contributed by atoms with Gasteiger partial charge in [-0.15, -0.1) is 0 Å². The van der Waals surface area contributed by atoms with Crippen molar-refractivity contribution in [2.24, 2.45) is 7.05 Å². The second-order valence-electron chi connectivity index (χ2n) is 5.21. The molecule has 0 radical (unpaired) electrons. The van der Waals surface area contributed by atoms with Crippen LogP contribution in [0, 0.1) is 6.92 Å². The minimum absolute atomic E-state index is 0.0493. The van der Waals surface area contributed by atoms with Crippen LogP contribution in [0.3, 0.4) is 0 Å². The first kappa shape index (κ1) is 18.0. The Morgan fingerprint density at radius 3 is 2.58 bits per heavy atom. The number of hydrogen-bond acceptors (Lipinski definition) is 5. The largest absolute Gasteiger partial charge is 0.497 e. The van der Waals surface area contributed by atoms with Gasteiger partial charge in [-0.25, -0.2) is 17.9 Å². The van der Waals surface area contributed by atoms with Crippen LogP contribution in [0.1, 0.15) is 21.7 Å². The van der Waals surface area contributed by atoms with Crippen LogP contribution >= 0.6 is 0 Å². The average Bonchev–Trinajstić information content (AvgIpc) is 2.89. The van der Waals surface area contributed by atoms with Crippen molar-refractivity contribution in [1.29, 1.82) is 0 Å². The van der Waals surface area contributed by atoms with Crippen molar-refractivity contribution >= 4 is 16.0 Å². The van der Waals surface area contributed by atoms with Crippen LogP contribution in [0.5, 0.6) is 5.75 Å². The van der Waals surface area contributed by atoms with Crippen LogP contribution in [0.25, 0.3) is 0 Å². The van der Waals surface area contributed by atoms with Gasteiger partial charge in [0.1, 0.15) is 16.3 Å². The monoisotopic (exact) mass is 352 g/mol. The van der Waals surface area contributed by atoms with E-state index < -0.39 is 16.0 Å². The number of esters is 1. The second-order valence-corrected chi connectivity index (χ2v) is 6.94. The van der Waals surface area contributed by atoms with E-state index in [1.165, 1.54) is 17.7 Å². The first-order chi connectivity index (χ1) is 11.3. The summed E-state index contributed by atoms with van der Waals surface area (Å²) in [6.45, 7) is 1.74. The average molecular weight is 352 g/mol. The van der Waals surface area contributed by atoms with Gasteiger partial charge in [0.15, 0.2) is 0 Å². The Bertz CT molecular complexity index is 855. The van der Waals surface area contributed by atoms with Crippen molar-refractivity contribution in [2.75, 3.05) is 14.2 Å². The summed E-state index contributed by atoms with van der Waals surface area (Å²) in [5.74, 6) is 0.0606. The molecular weight excluding hydrogens is 332 g/mol. The van der Waals surface area contributed by atoms with Crippen LogP contribution in [0.4, 0.5) is 0 Å². The highest BCUT2D eigenvalue weighted by Crippen LogP contribution is 2.21. The van der Waals surface area contributed by atoms with Crippen molar-refractivity contribution in [3.05, 3.63) is 47.3 Å². The third kappa shape index (κ3) is 3.60. The first-order valence-corrected chi connectivity index (χ1v) is 8.65. The highest BCUT2D eigenvalue weighted by Gasteiger charge is 2.24. The summed E-state index contributed by atoms with van der Waals surface area (Å²) in [5.41, 5.74) is 1.39. The SMILES string of the molecule is COC(=O)c1cc(S(=O)(=O)NCc2cccc(OC)c2)c(C)n1C.